The number of nitrogens with one attached hydrogen (secondary N) is 1. The SMILES string of the molecule is CC1C(N)CCN1C(=O)C1CSCN1.Cl. The van der Waals surface area contributed by atoms with Gasteiger partial charge in [0.2, 0.25) is 5.91 Å². The molecule has 2 saturated heterocycles. The predicted octanol–water partition coefficient (Wildman–Crippen LogP) is 0.0188. The van der Waals surface area contributed by atoms with Crippen molar-refractivity contribution in [3.8, 4) is 0 Å². The summed E-state index contributed by atoms with van der Waals surface area (Å²) in [6, 6.07) is 0.385. The summed E-state index contributed by atoms with van der Waals surface area (Å²) in [5.41, 5.74) is 5.89. The van der Waals surface area contributed by atoms with Crippen LogP contribution in [0.1, 0.15) is 13.3 Å². The lowest BCUT2D eigenvalue weighted by molar-refractivity contribution is -0.133. The molecule has 3 unspecified atom stereocenters. The first-order valence-corrected chi connectivity index (χ1v) is 6.23. The van der Waals surface area contributed by atoms with Crippen LogP contribution >= 0.6 is 24.2 Å². The standard InChI is InChI=1S/C9H17N3OS.ClH/c1-6-7(10)2-3-12(6)9(13)8-4-14-5-11-8;/h6-8,11H,2-5,10H2,1H3;1H. The Morgan fingerprint density at radius 3 is 2.80 bits per heavy atom. The van der Waals surface area contributed by atoms with E-state index in [0.29, 0.717) is 0 Å². The fourth-order valence-electron chi connectivity index (χ4n) is 2.03. The molecule has 2 aliphatic rings. The second-order valence-electron chi connectivity index (χ2n) is 4.00. The zero-order valence-electron chi connectivity index (χ0n) is 8.81. The van der Waals surface area contributed by atoms with Gasteiger partial charge in [0.1, 0.15) is 0 Å². The maximum absolute atomic E-state index is 12.0. The van der Waals surface area contributed by atoms with Gasteiger partial charge in [0.15, 0.2) is 0 Å². The molecule has 0 aromatic rings. The molecule has 0 spiro atoms. The minimum Gasteiger partial charge on any atom is -0.337 e. The van der Waals surface area contributed by atoms with E-state index < -0.39 is 0 Å². The van der Waals surface area contributed by atoms with E-state index in [2.05, 4.69) is 5.32 Å². The fraction of sp³-hybridized carbons (Fsp3) is 0.889. The zero-order valence-corrected chi connectivity index (χ0v) is 10.4. The highest BCUT2D eigenvalue weighted by Gasteiger charge is 2.35. The van der Waals surface area contributed by atoms with Crippen LogP contribution in [0, 0.1) is 0 Å². The quantitative estimate of drug-likeness (QED) is 0.690. The number of hydrogen-bond donors (Lipinski definition) is 2. The molecule has 1 amide bonds. The van der Waals surface area contributed by atoms with Crippen LogP contribution in [0.5, 0.6) is 0 Å². The molecule has 2 rings (SSSR count). The Morgan fingerprint density at radius 1 is 1.60 bits per heavy atom. The Balaban J connectivity index is 0.00000112. The molecule has 0 aliphatic carbocycles. The number of amides is 1. The number of likely N-dealkylation sites (tertiary alicyclic amines) is 1. The predicted molar refractivity (Wildman–Crippen MR) is 65.3 cm³/mol. The lowest BCUT2D eigenvalue weighted by atomic mass is 10.1. The van der Waals surface area contributed by atoms with Crippen LogP contribution in [0.25, 0.3) is 0 Å². The van der Waals surface area contributed by atoms with Crippen LogP contribution in [0.4, 0.5) is 0 Å². The Labute approximate surface area is 101 Å². The molecule has 3 N–H and O–H groups in total. The van der Waals surface area contributed by atoms with Gasteiger partial charge in [-0.3, -0.25) is 10.1 Å². The van der Waals surface area contributed by atoms with E-state index in [0.717, 1.165) is 24.6 Å². The number of hydrogen-bond acceptors (Lipinski definition) is 4. The van der Waals surface area contributed by atoms with E-state index in [1.54, 1.807) is 11.8 Å². The van der Waals surface area contributed by atoms with Crippen LogP contribution in [0.15, 0.2) is 0 Å². The summed E-state index contributed by atoms with van der Waals surface area (Å²) >= 11 is 1.78. The van der Waals surface area contributed by atoms with Crippen LogP contribution < -0.4 is 11.1 Å². The molecule has 0 saturated carbocycles. The summed E-state index contributed by atoms with van der Waals surface area (Å²) in [6.07, 6.45) is 0.937. The molecule has 88 valence electrons. The molecule has 2 aliphatic heterocycles. The van der Waals surface area contributed by atoms with Gasteiger partial charge < -0.3 is 10.6 Å². The highest BCUT2D eigenvalue weighted by Crippen LogP contribution is 2.19. The van der Waals surface area contributed by atoms with E-state index >= 15 is 0 Å². The molecule has 0 aromatic carbocycles. The van der Waals surface area contributed by atoms with Crippen molar-refractivity contribution in [3.63, 3.8) is 0 Å². The third-order valence-electron chi connectivity index (χ3n) is 3.11. The average Bonchev–Trinajstić information content (AvgIpc) is 2.77. The summed E-state index contributed by atoms with van der Waals surface area (Å²) in [6.45, 7) is 2.86. The van der Waals surface area contributed by atoms with Crippen molar-refractivity contribution in [2.75, 3.05) is 18.2 Å². The van der Waals surface area contributed by atoms with Gasteiger partial charge in [-0.05, 0) is 13.3 Å². The first kappa shape index (κ1) is 13.1. The van der Waals surface area contributed by atoms with E-state index in [-0.39, 0.29) is 36.4 Å². The molecule has 0 bridgehead atoms. The highest BCUT2D eigenvalue weighted by molar-refractivity contribution is 7.99. The molecule has 3 atom stereocenters. The number of carbonyl (C=O) groups excluding carboxylic acids is 1. The van der Waals surface area contributed by atoms with Gasteiger partial charge >= 0.3 is 0 Å². The summed E-state index contributed by atoms with van der Waals surface area (Å²) in [5.74, 6) is 2.03. The van der Waals surface area contributed by atoms with Crippen LogP contribution in [-0.4, -0.2) is 47.1 Å². The van der Waals surface area contributed by atoms with Gasteiger partial charge in [0, 0.05) is 30.3 Å². The molecule has 0 radical (unpaired) electrons. The molecule has 4 nitrogen and oxygen atoms in total. The summed E-state index contributed by atoms with van der Waals surface area (Å²) < 4.78 is 0. The molecule has 6 heteroatoms. The fourth-order valence-corrected chi connectivity index (χ4v) is 2.96. The monoisotopic (exact) mass is 251 g/mol. The molecule has 0 aromatic heterocycles. The van der Waals surface area contributed by atoms with Crippen molar-refractivity contribution >= 4 is 30.1 Å². The highest BCUT2D eigenvalue weighted by atomic mass is 35.5. The van der Waals surface area contributed by atoms with Crippen molar-refractivity contribution in [1.29, 1.82) is 0 Å². The van der Waals surface area contributed by atoms with Gasteiger partial charge in [-0.2, -0.15) is 0 Å². The zero-order chi connectivity index (χ0) is 10.1. The number of carbonyl (C=O) groups is 1. The van der Waals surface area contributed by atoms with E-state index in [1.807, 2.05) is 11.8 Å². The van der Waals surface area contributed by atoms with Gasteiger partial charge in [0.05, 0.1) is 6.04 Å². The Kier molecular flexibility index (Phi) is 4.70. The topological polar surface area (TPSA) is 58.4 Å². The smallest absolute Gasteiger partial charge is 0.240 e. The van der Waals surface area contributed by atoms with E-state index in [4.69, 9.17) is 5.73 Å². The molecular weight excluding hydrogens is 234 g/mol. The summed E-state index contributed by atoms with van der Waals surface area (Å²) in [7, 11) is 0. The largest absolute Gasteiger partial charge is 0.337 e. The maximum atomic E-state index is 12.0. The van der Waals surface area contributed by atoms with E-state index in [9.17, 15) is 4.79 Å². The molecule has 15 heavy (non-hydrogen) atoms. The Hall–Kier alpha value is 0.0300. The first-order chi connectivity index (χ1) is 6.70. The lowest BCUT2D eigenvalue weighted by Gasteiger charge is -2.25. The molecule has 2 fully saturated rings. The van der Waals surface area contributed by atoms with Gasteiger partial charge in [-0.1, -0.05) is 0 Å². The van der Waals surface area contributed by atoms with E-state index in [1.165, 1.54) is 0 Å². The Bertz CT molecular complexity index is 235. The van der Waals surface area contributed by atoms with Crippen LogP contribution in [0.2, 0.25) is 0 Å². The van der Waals surface area contributed by atoms with Crippen molar-refractivity contribution in [3.05, 3.63) is 0 Å². The van der Waals surface area contributed by atoms with Crippen molar-refractivity contribution in [1.82, 2.24) is 10.2 Å². The third-order valence-corrected chi connectivity index (χ3v) is 4.05. The minimum absolute atomic E-state index is 0. The van der Waals surface area contributed by atoms with Crippen LogP contribution in [0.3, 0.4) is 0 Å². The number of halogens is 1. The van der Waals surface area contributed by atoms with Crippen LogP contribution in [-0.2, 0) is 4.79 Å². The second-order valence-corrected chi connectivity index (χ2v) is 5.03. The average molecular weight is 252 g/mol. The van der Waals surface area contributed by atoms with Crippen molar-refractivity contribution < 1.29 is 4.79 Å². The number of nitrogens with two attached hydrogens (primary N) is 1. The van der Waals surface area contributed by atoms with Gasteiger partial charge in [-0.25, -0.2) is 0 Å². The van der Waals surface area contributed by atoms with Gasteiger partial charge in [0.25, 0.3) is 0 Å². The first-order valence-electron chi connectivity index (χ1n) is 5.07. The molecular formula is C9H18ClN3OS. The minimum atomic E-state index is 0. The second kappa shape index (κ2) is 5.39. The Morgan fingerprint density at radius 2 is 2.33 bits per heavy atom. The third kappa shape index (κ3) is 2.58. The van der Waals surface area contributed by atoms with Crippen molar-refractivity contribution in [2.24, 2.45) is 5.73 Å². The van der Waals surface area contributed by atoms with Gasteiger partial charge in [-0.15, -0.1) is 24.2 Å². The lowest BCUT2D eigenvalue weighted by Crippen LogP contribution is -2.48. The number of thioether (sulfide) groups is 1. The number of rotatable bonds is 1. The summed E-state index contributed by atoms with van der Waals surface area (Å²) in [5, 5.41) is 3.20. The number of nitrogens with zero attached hydrogens (tertiary/aromatic N) is 1. The maximum Gasteiger partial charge on any atom is 0.240 e. The van der Waals surface area contributed by atoms with Crippen molar-refractivity contribution in [2.45, 2.75) is 31.5 Å². The normalized spacial score (nSPS) is 35.3. The molecule has 2 heterocycles. The summed E-state index contributed by atoms with van der Waals surface area (Å²) in [4.78, 5) is 13.9.